The molecular formula is C12H25ClN2O2S. The lowest BCUT2D eigenvalue weighted by Crippen LogP contribution is -2.33. The third kappa shape index (κ3) is 3.38. The topological polar surface area (TPSA) is 63.4 Å². The first-order valence-electron chi connectivity index (χ1n) is 6.59. The van der Waals surface area contributed by atoms with Gasteiger partial charge in [0.2, 0.25) is 0 Å². The number of likely N-dealkylation sites (tertiary alicyclic amines) is 1. The summed E-state index contributed by atoms with van der Waals surface area (Å²) in [4.78, 5) is 2.29. The van der Waals surface area contributed by atoms with Gasteiger partial charge in [-0.2, -0.15) is 0 Å². The van der Waals surface area contributed by atoms with Crippen molar-refractivity contribution in [2.75, 3.05) is 25.4 Å². The van der Waals surface area contributed by atoms with Crippen LogP contribution in [-0.4, -0.2) is 50.0 Å². The molecule has 108 valence electrons. The number of hydrogen-bond acceptors (Lipinski definition) is 4. The highest BCUT2D eigenvalue weighted by atomic mass is 35.5. The number of nitrogens with zero attached hydrogens (tertiary/aromatic N) is 1. The molecule has 6 heteroatoms. The average molecular weight is 297 g/mol. The molecule has 4 nitrogen and oxygen atoms in total. The van der Waals surface area contributed by atoms with Gasteiger partial charge in [-0.15, -0.1) is 12.4 Å². The first-order chi connectivity index (χ1) is 7.90. The summed E-state index contributed by atoms with van der Waals surface area (Å²) in [5.41, 5.74) is 6.07. The minimum Gasteiger partial charge on any atom is -0.327 e. The van der Waals surface area contributed by atoms with Gasteiger partial charge in [0.15, 0.2) is 9.84 Å². The highest BCUT2D eigenvalue weighted by Gasteiger charge is 2.40. The lowest BCUT2D eigenvalue weighted by molar-refractivity contribution is 0.322. The maximum Gasteiger partial charge on any atom is 0.153 e. The molecule has 2 N–H and O–H groups in total. The smallest absolute Gasteiger partial charge is 0.153 e. The second kappa shape index (κ2) is 6.07. The van der Waals surface area contributed by atoms with Crippen molar-refractivity contribution >= 4 is 22.2 Å². The maximum absolute atomic E-state index is 11.7. The van der Waals surface area contributed by atoms with Crippen molar-refractivity contribution in [1.82, 2.24) is 4.90 Å². The van der Waals surface area contributed by atoms with Crippen LogP contribution in [0.15, 0.2) is 0 Å². The summed E-state index contributed by atoms with van der Waals surface area (Å²) in [6, 6.07) is 0.340. The Balaban J connectivity index is 0.00000162. The first kappa shape index (κ1) is 16.2. The molecule has 3 unspecified atom stereocenters. The van der Waals surface area contributed by atoms with Crippen LogP contribution in [0.1, 0.15) is 26.7 Å². The van der Waals surface area contributed by atoms with E-state index >= 15 is 0 Å². The Morgan fingerprint density at radius 3 is 2.50 bits per heavy atom. The fourth-order valence-corrected chi connectivity index (χ4v) is 4.06. The van der Waals surface area contributed by atoms with Crippen LogP contribution < -0.4 is 5.73 Å². The zero-order valence-corrected chi connectivity index (χ0v) is 12.8. The predicted octanol–water partition coefficient (Wildman–Crippen LogP) is 0.900. The number of rotatable bonds is 4. The van der Waals surface area contributed by atoms with E-state index in [9.17, 15) is 8.42 Å². The van der Waals surface area contributed by atoms with Gasteiger partial charge in [-0.25, -0.2) is 8.42 Å². The van der Waals surface area contributed by atoms with Crippen LogP contribution in [0.5, 0.6) is 0 Å². The van der Waals surface area contributed by atoms with Gasteiger partial charge in [0.25, 0.3) is 0 Å². The molecule has 1 saturated carbocycles. The molecule has 1 heterocycles. The second-order valence-corrected chi connectivity index (χ2v) is 8.52. The van der Waals surface area contributed by atoms with Crippen LogP contribution in [0.3, 0.4) is 0 Å². The van der Waals surface area contributed by atoms with Crippen molar-refractivity contribution < 1.29 is 8.42 Å². The molecule has 2 fully saturated rings. The van der Waals surface area contributed by atoms with Crippen molar-refractivity contribution in [3.8, 4) is 0 Å². The molecule has 3 atom stereocenters. The van der Waals surface area contributed by atoms with Gasteiger partial charge in [0.1, 0.15) is 0 Å². The van der Waals surface area contributed by atoms with E-state index in [1.54, 1.807) is 13.8 Å². The normalized spacial score (nSPS) is 32.6. The third-order valence-corrected chi connectivity index (χ3v) is 6.59. The molecule has 0 spiro atoms. The highest BCUT2D eigenvalue weighted by Crippen LogP contribution is 2.36. The Hall–Kier alpha value is 0.160. The number of hydrogen-bond donors (Lipinski definition) is 1. The fraction of sp³-hybridized carbons (Fsp3) is 1.00. The molecule has 1 aliphatic heterocycles. The van der Waals surface area contributed by atoms with E-state index in [4.69, 9.17) is 5.73 Å². The number of nitrogens with two attached hydrogens (primary N) is 1. The summed E-state index contributed by atoms with van der Waals surface area (Å²) in [5.74, 6) is 1.61. The van der Waals surface area contributed by atoms with Gasteiger partial charge in [0, 0.05) is 25.7 Å². The molecular weight excluding hydrogens is 272 g/mol. The highest BCUT2D eigenvalue weighted by molar-refractivity contribution is 7.92. The van der Waals surface area contributed by atoms with Gasteiger partial charge in [-0.3, -0.25) is 0 Å². The van der Waals surface area contributed by atoms with Gasteiger partial charge in [-0.1, -0.05) is 0 Å². The Labute approximate surface area is 117 Å². The molecule has 0 aromatic carbocycles. The zero-order valence-electron chi connectivity index (χ0n) is 11.2. The molecule has 0 radical (unpaired) electrons. The quantitative estimate of drug-likeness (QED) is 0.837. The number of sulfone groups is 1. The Morgan fingerprint density at radius 1 is 1.28 bits per heavy atom. The largest absolute Gasteiger partial charge is 0.327 e. The summed E-state index contributed by atoms with van der Waals surface area (Å²) in [5, 5.41) is -0.258. The molecule has 1 saturated heterocycles. The minimum absolute atomic E-state index is 0. The third-order valence-electron chi connectivity index (χ3n) is 4.40. The maximum atomic E-state index is 11.7. The molecule has 0 amide bonds. The Kier molecular flexibility index (Phi) is 5.47. The number of fused-ring (bicyclic) bond motifs is 1. The lowest BCUT2D eigenvalue weighted by Gasteiger charge is -2.18. The Morgan fingerprint density at radius 2 is 1.94 bits per heavy atom. The van der Waals surface area contributed by atoms with E-state index in [-0.39, 0.29) is 17.7 Å². The van der Waals surface area contributed by atoms with Crippen LogP contribution in [0.2, 0.25) is 0 Å². The van der Waals surface area contributed by atoms with Crippen LogP contribution in [-0.2, 0) is 9.84 Å². The minimum atomic E-state index is -2.90. The van der Waals surface area contributed by atoms with Gasteiger partial charge >= 0.3 is 0 Å². The molecule has 0 aromatic heterocycles. The van der Waals surface area contributed by atoms with Crippen molar-refractivity contribution in [2.45, 2.75) is 38.0 Å². The fourth-order valence-electron chi connectivity index (χ4n) is 3.07. The van der Waals surface area contributed by atoms with Crippen LogP contribution in [0.25, 0.3) is 0 Å². The standard InChI is InChI=1S/C12H24N2O2S.ClH/c1-9(2)17(15,16)6-5-14-7-10-3-4-12(13)11(10)8-14;/h9-12H,3-8,13H2,1-2H3;1H. The van der Waals surface area contributed by atoms with Crippen molar-refractivity contribution in [3.05, 3.63) is 0 Å². The molecule has 2 rings (SSSR count). The summed E-state index contributed by atoms with van der Waals surface area (Å²) >= 11 is 0. The predicted molar refractivity (Wildman–Crippen MR) is 76.8 cm³/mol. The molecule has 0 aromatic rings. The van der Waals surface area contributed by atoms with E-state index in [0.717, 1.165) is 19.5 Å². The SMILES string of the molecule is CC(C)S(=O)(=O)CCN1CC2CCC(N)C2C1.Cl. The van der Waals surface area contributed by atoms with E-state index in [1.807, 2.05) is 0 Å². The summed E-state index contributed by atoms with van der Waals surface area (Å²) in [6.07, 6.45) is 2.37. The lowest BCUT2D eigenvalue weighted by atomic mass is 9.98. The van der Waals surface area contributed by atoms with Crippen molar-refractivity contribution in [1.29, 1.82) is 0 Å². The molecule has 1 aliphatic carbocycles. The Bertz CT molecular complexity index is 372. The number of halogens is 1. The molecule has 2 aliphatic rings. The van der Waals surface area contributed by atoms with E-state index in [1.165, 1.54) is 6.42 Å². The van der Waals surface area contributed by atoms with Crippen LogP contribution >= 0.6 is 12.4 Å². The van der Waals surface area contributed by atoms with Crippen molar-refractivity contribution in [3.63, 3.8) is 0 Å². The molecule has 0 bridgehead atoms. The van der Waals surface area contributed by atoms with Gasteiger partial charge in [-0.05, 0) is 38.5 Å². The van der Waals surface area contributed by atoms with Crippen LogP contribution in [0.4, 0.5) is 0 Å². The van der Waals surface area contributed by atoms with Gasteiger partial charge in [0.05, 0.1) is 11.0 Å². The molecule has 18 heavy (non-hydrogen) atoms. The van der Waals surface area contributed by atoms with E-state index < -0.39 is 9.84 Å². The summed E-state index contributed by atoms with van der Waals surface area (Å²) in [7, 11) is -2.90. The van der Waals surface area contributed by atoms with E-state index in [2.05, 4.69) is 4.90 Å². The summed E-state index contributed by atoms with van der Waals surface area (Å²) < 4.78 is 23.5. The first-order valence-corrected chi connectivity index (χ1v) is 8.31. The second-order valence-electron chi connectivity index (χ2n) is 5.84. The van der Waals surface area contributed by atoms with Crippen molar-refractivity contribution in [2.24, 2.45) is 17.6 Å². The summed E-state index contributed by atoms with van der Waals surface area (Å²) in [6.45, 7) is 6.24. The van der Waals surface area contributed by atoms with E-state index in [0.29, 0.717) is 30.2 Å². The average Bonchev–Trinajstić information content (AvgIpc) is 2.78. The monoisotopic (exact) mass is 296 g/mol. The van der Waals surface area contributed by atoms with Gasteiger partial charge < -0.3 is 10.6 Å². The zero-order chi connectivity index (χ0) is 12.6. The van der Waals surface area contributed by atoms with Crippen LogP contribution in [0, 0.1) is 11.8 Å².